The van der Waals surface area contributed by atoms with E-state index in [0.717, 1.165) is 0 Å². The minimum atomic E-state index is -4.18. The van der Waals surface area contributed by atoms with E-state index in [-0.39, 0.29) is 11.5 Å². The molecule has 1 aromatic carbocycles. The number of hydrogen-bond acceptors (Lipinski definition) is 4. The monoisotopic (exact) mass is 250 g/mol. The number of ether oxygens (including phenoxy) is 1. The van der Waals surface area contributed by atoms with Crippen molar-refractivity contribution in [2.75, 3.05) is 0 Å². The molecule has 0 bridgehead atoms. The van der Waals surface area contributed by atoms with Gasteiger partial charge >= 0.3 is 5.43 Å². The number of carbonyl (C=O) groups excluding carboxylic acids is 1. The van der Waals surface area contributed by atoms with Gasteiger partial charge in [-0.3, -0.25) is 4.55 Å². The van der Waals surface area contributed by atoms with Gasteiger partial charge in [0, 0.05) is 11.6 Å². The third-order valence-corrected chi connectivity index (χ3v) is 2.55. The SMILES string of the molecule is O=C(Cl)OCc1ccc(S(=O)(=O)O)cc1. The van der Waals surface area contributed by atoms with E-state index < -0.39 is 15.5 Å². The summed E-state index contributed by atoms with van der Waals surface area (Å²) in [5.41, 5.74) is -0.370. The van der Waals surface area contributed by atoms with Crippen LogP contribution in [0.2, 0.25) is 0 Å². The fourth-order valence-corrected chi connectivity index (χ4v) is 1.43. The van der Waals surface area contributed by atoms with Crippen LogP contribution in [0.3, 0.4) is 0 Å². The topological polar surface area (TPSA) is 80.7 Å². The zero-order valence-corrected chi connectivity index (χ0v) is 8.96. The molecule has 82 valence electrons. The van der Waals surface area contributed by atoms with Crippen LogP contribution < -0.4 is 0 Å². The highest BCUT2D eigenvalue weighted by Crippen LogP contribution is 2.11. The largest absolute Gasteiger partial charge is 0.449 e. The molecule has 0 heterocycles. The van der Waals surface area contributed by atoms with Crippen molar-refractivity contribution in [2.24, 2.45) is 0 Å². The van der Waals surface area contributed by atoms with Gasteiger partial charge in [0.25, 0.3) is 10.1 Å². The molecule has 0 aromatic heterocycles. The third-order valence-electron chi connectivity index (χ3n) is 1.57. The number of benzene rings is 1. The van der Waals surface area contributed by atoms with Gasteiger partial charge in [-0.05, 0) is 17.7 Å². The average Bonchev–Trinajstić information content (AvgIpc) is 2.14. The smallest absolute Gasteiger partial charge is 0.404 e. The molecule has 0 amide bonds. The predicted octanol–water partition coefficient (Wildman–Crippen LogP) is 1.81. The molecule has 0 saturated carbocycles. The molecule has 1 rings (SSSR count). The van der Waals surface area contributed by atoms with Crippen LogP contribution in [0.15, 0.2) is 29.2 Å². The Morgan fingerprint density at radius 3 is 2.27 bits per heavy atom. The molecule has 7 heteroatoms. The summed E-state index contributed by atoms with van der Waals surface area (Å²) in [5, 5.41) is 0. The second-order valence-electron chi connectivity index (χ2n) is 2.65. The van der Waals surface area contributed by atoms with E-state index in [9.17, 15) is 13.2 Å². The fourth-order valence-electron chi connectivity index (χ4n) is 0.898. The van der Waals surface area contributed by atoms with Gasteiger partial charge in [0.2, 0.25) is 0 Å². The quantitative estimate of drug-likeness (QED) is 0.654. The van der Waals surface area contributed by atoms with E-state index in [0.29, 0.717) is 5.56 Å². The van der Waals surface area contributed by atoms with Gasteiger partial charge in [-0.15, -0.1) is 0 Å². The molecular weight excluding hydrogens is 244 g/mol. The maximum atomic E-state index is 10.7. The summed E-state index contributed by atoms with van der Waals surface area (Å²) in [4.78, 5) is 10.0. The van der Waals surface area contributed by atoms with Crippen LogP contribution in [0.1, 0.15) is 5.56 Å². The maximum Gasteiger partial charge on any atom is 0.404 e. The van der Waals surface area contributed by atoms with Crippen molar-refractivity contribution in [3.05, 3.63) is 29.8 Å². The Balaban J connectivity index is 2.77. The summed E-state index contributed by atoms with van der Waals surface area (Å²) in [6, 6.07) is 5.21. The minimum absolute atomic E-state index is 0.0475. The third kappa shape index (κ3) is 3.86. The Kier molecular flexibility index (Phi) is 3.67. The lowest BCUT2D eigenvalue weighted by Gasteiger charge is -2.01. The number of rotatable bonds is 3. The van der Waals surface area contributed by atoms with Crippen molar-refractivity contribution in [3.63, 3.8) is 0 Å². The minimum Gasteiger partial charge on any atom is -0.449 e. The molecule has 0 aliphatic rings. The molecule has 5 nitrogen and oxygen atoms in total. The van der Waals surface area contributed by atoms with Gasteiger partial charge < -0.3 is 4.74 Å². The molecular formula is C8H7ClO5S. The lowest BCUT2D eigenvalue weighted by molar-refractivity contribution is 0.167. The van der Waals surface area contributed by atoms with Crippen LogP contribution >= 0.6 is 11.6 Å². The molecule has 0 radical (unpaired) electrons. The second kappa shape index (κ2) is 4.61. The Morgan fingerprint density at radius 1 is 1.33 bits per heavy atom. The van der Waals surface area contributed by atoms with Crippen molar-refractivity contribution >= 4 is 27.1 Å². The lowest BCUT2D eigenvalue weighted by Crippen LogP contribution is -1.99. The van der Waals surface area contributed by atoms with E-state index in [2.05, 4.69) is 4.74 Å². The second-order valence-corrected chi connectivity index (χ2v) is 4.38. The van der Waals surface area contributed by atoms with Crippen LogP contribution in [0, 0.1) is 0 Å². The van der Waals surface area contributed by atoms with Crippen LogP contribution in [0.4, 0.5) is 4.79 Å². The Bertz CT molecular complexity index is 450. The first kappa shape index (κ1) is 12.0. The standard InChI is InChI=1S/C8H7ClO5S/c9-8(10)14-5-6-1-3-7(4-2-6)15(11,12)13/h1-4H,5H2,(H,11,12,13). The Morgan fingerprint density at radius 2 is 1.87 bits per heavy atom. The first-order valence-electron chi connectivity index (χ1n) is 3.78. The number of hydrogen-bond donors (Lipinski definition) is 1. The fraction of sp³-hybridized carbons (Fsp3) is 0.125. The molecule has 0 saturated heterocycles. The van der Waals surface area contributed by atoms with E-state index in [1.54, 1.807) is 0 Å². The zero-order valence-electron chi connectivity index (χ0n) is 7.38. The Hall–Kier alpha value is -1.11. The van der Waals surface area contributed by atoms with Gasteiger partial charge in [0.15, 0.2) is 0 Å². The summed E-state index contributed by atoms with van der Waals surface area (Å²) < 4.78 is 34.5. The summed E-state index contributed by atoms with van der Waals surface area (Å²) >= 11 is 4.93. The van der Waals surface area contributed by atoms with Gasteiger partial charge in [-0.2, -0.15) is 8.42 Å². The maximum absolute atomic E-state index is 10.7. The molecule has 0 aliphatic carbocycles. The van der Waals surface area contributed by atoms with Crippen LogP contribution in [0.25, 0.3) is 0 Å². The zero-order chi connectivity index (χ0) is 11.5. The molecule has 0 aliphatic heterocycles. The summed E-state index contributed by atoms with van der Waals surface area (Å²) in [5.74, 6) is 0. The van der Waals surface area contributed by atoms with Crippen molar-refractivity contribution in [3.8, 4) is 0 Å². The molecule has 0 fully saturated rings. The van der Waals surface area contributed by atoms with Crippen LogP contribution in [0.5, 0.6) is 0 Å². The highest BCUT2D eigenvalue weighted by Gasteiger charge is 2.08. The Labute approximate surface area is 91.4 Å². The summed E-state index contributed by atoms with van der Waals surface area (Å²) in [7, 11) is -4.18. The van der Waals surface area contributed by atoms with Crippen LogP contribution in [-0.2, 0) is 21.5 Å². The van der Waals surface area contributed by atoms with E-state index in [1.807, 2.05) is 0 Å². The van der Waals surface area contributed by atoms with Crippen molar-refractivity contribution < 1.29 is 22.5 Å². The van der Waals surface area contributed by atoms with Crippen LogP contribution in [-0.4, -0.2) is 18.4 Å². The number of halogens is 1. The molecule has 0 spiro atoms. The van der Waals surface area contributed by atoms with Crippen molar-refractivity contribution in [2.45, 2.75) is 11.5 Å². The summed E-state index contributed by atoms with van der Waals surface area (Å²) in [6.07, 6.45) is 0. The first-order valence-corrected chi connectivity index (χ1v) is 5.60. The molecule has 15 heavy (non-hydrogen) atoms. The van der Waals surface area contributed by atoms with E-state index in [1.165, 1.54) is 24.3 Å². The van der Waals surface area contributed by atoms with Gasteiger partial charge in [0.05, 0.1) is 4.90 Å². The van der Waals surface area contributed by atoms with Crippen molar-refractivity contribution in [1.29, 1.82) is 0 Å². The molecule has 0 unspecified atom stereocenters. The van der Waals surface area contributed by atoms with Gasteiger partial charge in [-0.1, -0.05) is 12.1 Å². The van der Waals surface area contributed by atoms with Crippen molar-refractivity contribution in [1.82, 2.24) is 0 Å². The van der Waals surface area contributed by atoms with Gasteiger partial charge in [-0.25, -0.2) is 4.79 Å². The highest BCUT2D eigenvalue weighted by molar-refractivity contribution is 7.85. The summed E-state index contributed by atoms with van der Waals surface area (Å²) in [6.45, 7) is -0.0475. The molecule has 0 atom stereocenters. The predicted molar refractivity (Wildman–Crippen MR) is 52.3 cm³/mol. The van der Waals surface area contributed by atoms with Gasteiger partial charge in [0.1, 0.15) is 6.61 Å². The lowest BCUT2D eigenvalue weighted by atomic mass is 10.2. The average molecular weight is 251 g/mol. The first-order chi connectivity index (χ1) is 6.89. The molecule has 1 N–H and O–H groups in total. The molecule has 1 aromatic rings. The van der Waals surface area contributed by atoms with E-state index in [4.69, 9.17) is 16.2 Å². The number of carbonyl (C=O) groups is 1. The normalized spacial score (nSPS) is 11.1. The van der Waals surface area contributed by atoms with E-state index >= 15 is 0 Å². The highest BCUT2D eigenvalue weighted by atomic mass is 35.5.